The van der Waals surface area contributed by atoms with Crippen LogP contribution in [0.1, 0.15) is 40.1 Å². The average molecular weight is 425 g/mol. The van der Waals surface area contributed by atoms with Gasteiger partial charge >= 0.3 is 6.18 Å². The SMILES string of the molecule is Cc1c(F)cc([C@@H](C)NC(=O)c2coc(Nc3cccc(C(F)(F)F)c3)n2)cc1F. The summed E-state index contributed by atoms with van der Waals surface area (Å²) in [5, 5.41) is 5.06. The van der Waals surface area contributed by atoms with Gasteiger partial charge in [0.2, 0.25) is 0 Å². The molecular weight excluding hydrogens is 409 g/mol. The summed E-state index contributed by atoms with van der Waals surface area (Å²) < 4.78 is 70.9. The topological polar surface area (TPSA) is 67.2 Å². The molecule has 0 bridgehead atoms. The van der Waals surface area contributed by atoms with E-state index in [2.05, 4.69) is 15.6 Å². The fourth-order valence-corrected chi connectivity index (χ4v) is 2.60. The van der Waals surface area contributed by atoms with Gasteiger partial charge in [-0.15, -0.1) is 0 Å². The van der Waals surface area contributed by atoms with Crippen LogP contribution >= 0.6 is 0 Å². The molecule has 30 heavy (non-hydrogen) atoms. The van der Waals surface area contributed by atoms with Crippen molar-refractivity contribution in [2.45, 2.75) is 26.1 Å². The van der Waals surface area contributed by atoms with Gasteiger partial charge in [-0.3, -0.25) is 4.79 Å². The first-order valence-corrected chi connectivity index (χ1v) is 8.71. The zero-order valence-electron chi connectivity index (χ0n) is 15.8. The Morgan fingerprint density at radius 3 is 2.43 bits per heavy atom. The molecule has 2 aromatic carbocycles. The number of amides is 1. The van der Waals surface area contributed by atoms with E-state index in [-0.39, 0.29) is 28.5 Å². The largest absolute Gasteiger partial charge is 0.431 e. The molecule has 0 aliphatic carbocycles. The number of hydrogen-bond donors (Lipinski definition) is 2. The molecule has 0 spiro atoms. The van der Waals surface area contributed by atoms with Gasteiger partial charge in [0, 0.05) is 11.3 Å². The minimum atomic E-state index is -4.51. The molecule has 0 aliphatic heterocycles. The minimum Gasteiger partial charge on any atom is -0.431 e. The van der Waals surface area contributed by atoms with E-state index in [1.807, 2.05) is 0 Å². The van der Waals surface area contributed by atoms with Crippen molar-refractivity contribution < 1.29 is 31.2 Å². The van der Waals surface area contributed by atoms with E-state index in [1.165, 1.54) is 26.0 Å². The third-order valence-electron chi connectivity index (χ3n) is 4.33. The van der Waals surface area contributed by atoms with Crippen LogP contribution in [-0.2, 0) is 6.18 Å². The number of benzene rings is 2. The van der Waals surface area contributed by atoms with Crippen LogP contribution in [0.4, 0.5) is 33.7 Å². The number of carbonyl (C=O) groups excluding carboxylic acids is 1. The molecule has 0 aliphatic rings. The van der Waals surface area contributed by atoms with Crippen molar-refractivity contribution in [1.29, 1.82) is 0 Å². The van der Waals surface area contributed by atoms with Gasteiger partial charge in [0.1, 0.15) is 17.9 Å². The average Bonchev–Trinajstić information content (AvgIpc) is 3.13. The molecule has 0 saturated carbocycles. The highest BCUT2D eigenvalue weighted by Crippen LogP contribution is 2.31. The lowest BCUT2D eigenvalue weighted by Crippen LogP contribution is -2.27. The Morgan fingerprint density at radius 1 is 1.13 bits per heavy atom. The molecule has 0 saturated heterocycles. The number of oxazole rings is 1. The van der Waals surface area contributed by atoms with E-state index in [9.17, 15) is 26.7 Å². The monoisotopic (exact) mass is 425 g/mol. The van der Waals surface area contributed by atoms with E-state index in [1.54, 1.807) is 0 Å². The van der Waals surface area contributed by atoms with Crippen LogP contribution in [0.2, 0.25) is 0 Å². The number of alkyl halides is 3. The van der Waals surface area contributed by atoms with Crippen LogP contribution in [0, 0.1) is 18.6 Å². The van der Waals surface area contributed by atoms with Crippen molar-refractivity contribution >= 4 is 17.6 Å². The first-order valence-electron chi connectivity index (χ1n) is 8.71. The first kappa shape index (κ1) is 21.3. The molecule has 1 aromatic heterocycles. The van der Waals surface area contributed by atoms with E-state index in [0.29, 0.717) is 0 Å². The number of nitrogens with zero attached hydrogens (tertiary/aromatic N) is 1. The number of nitrogens with one attached hydrogen (secondary N) is 2. The maximum Gasteiger partial charge on any atom is 0.416 e. The molecule has 5 nitrogen and oxygen atoms in total. The summed E-state index contributed by atoms with van der Waals surface area (Å²) >= 11 is 0. The maximum atomic E-state index is 13.7. The number of anilines is 2. The highest BCUT2D eigenvalue weighted by Gasteiger charge is 2.30. The quantitative estimate of drug-likeness (QED) is 0.529. The van der Waals surface area contributed by atoms with Crippen LogP contribution in [0.15, 0.2) is 47.1 Å². The van der Waals surface area contributed by atoms with Gasteiger partial charge < -0.3 is 15.1 Å². The molecule has 1 heterocycles. The summed E-state index contributed by atoms with van der Waals surface area (Å²) in [4.78, 5) is 16.2. The Bertz CT molecular complexity index is 1060. The van der Waals surface area contributed by atoms with E-state index < -0.39 is 35.3 Å². The first-order chi connectivity index (χ1) is 14.0. The molecule has 0 radical (unpaired) electrons. The second-order valence-electron chi connectivity index (χ2n) is 6.55. The molecule has 1 amide bonds. The number of hydrogen-bond acceptors (Lipinski definition) is 4. The Labute approximate surface area is 167 Å². The maximum absolute atomic E-state index is 13.7. The highest BCUT2D eigenvalue weighted by molar-refractivity contribution is 5.92. The fraction of sp³-hybridized carbons (Fsp3) is 0.200. The van der Waals surface area contributed by atoms with Gasteiger partial charge in [-0.05, 0) is 49.7 Å². The summed E-state index contributed by atoms with van der Waals surface area (Å²) in [5.41, 5.74) is -0.862. The van der Waals surface area contributed by atoms with Gasteiger partial charge in [-0.2, -0.15) is 18.2 Å². The van der Waals surface area contributed by atoms with Crippen molar-refractivity contribution in [3.8, 4) is 0 Å². The molecule has 3 aromatic rings. The van der Waals surface area contributed by atoms with Crippen molar-refractivity contribution in [3.05, 3.63) is 76.7 Å². The second kappa shape index (κ2) is 8.13. The number of rotatable bonds is 5. The van der Waals surface area contributed by atoms with Crippen molar-refractivity contribution in [2.75, 3.05) is 5.32 Å². The predicted octanol–water partition coefficient (Wildman–Crippen LogP) is 5.51. The van der Waals surface area contributed by atoms with Gasteiger partial charge in [0.25, 0.3) is 11.9 Å². The molecular formula is C20H16F5N3O2. The number of aromatic nitrogens is 1. The molecule has 10 heteroatoms. The Morgan fingerprint density at radius 2 is 1.80 bits per heavy atom. The summed E-state index contributed by atoms with van der Waals surface area (Å²) in [7, 11) is 0. The number of carbonyl (C=O) groups is 1. The lowest BCUT2D eigenvalue weighted by atomic mass is 10.1. The van der Waals surface area contributed by atoms with Crippen LogP contribution in [0.3, 0.4) is 0 Å². The molecule has 0 unspecified atom stereocenters. The van der Waals surface area contributed by atoms with Gasteiger partial charge in [-0.25, -0.2) is 8.78 Å². The van der Waals surface area contributed by atoms with Crippen molar-refractivity contribution in [1.82, 2.24) is 10.3 Å². The highest BCUT2D eigenvalue weighted by atomic mass is 19.4. The van der Waals surface area contributed by atoms with Crippen LogP contribution in [-0.4, -0.2) is 10.9 Å². The number of halogens is 5. The summed E-state index contributed by atoms with van der Waals surface area (Å²) in [6, 6.07) is 5.67. The zero-order valence-corrected chi connectivity index (χ0v) is 15.8. The van der Waals surface area contributed by atoms with E-state index in [0.717, 1.165) is 30.5 Å². The van der Waals surface area contributed by atoms with Gasteiger partial charge in [0.15, 0.2) is 5.69 Å². The van der Waals surface area contributed by atoms with Crippen LogP contribution < -0.4 is 10.6 Å². The minimum absolute atomic E-state index is 0.0672. The second-order valence-corrected chi connectivity index (χ2v) is 6.55. The predicted molar refractivity (Wildman–Crippen MR) is 98.2 cm³/mol. The lowest BCUT2D eigenvalue weighted by Gasteiger charge is -2.14. The third-order valence-corrected chi connectivity index (χ3v) is 4.33. The van der Waals surface area contributed by atoms with Crippen molar-refractivity contribution in [2.24, 2.45) is 0 Å². The van der Waals surface area contributed by atoms with Gasteiger partial charge in [0.05, 0.1) is 11.6 Å². The molecule has 3 rings (SSSR count). The van der Waals surface area contributed by atoms with Crippen molar-refractivity contribution in [3.63, 3.8) is 0 Å². The Hall–Kier alpha value is -3.43. The summed E-state index contributed by atoms with van der Waals surface area (Å²) in [6.45, 7) is 2.83. The van der Waals surface area contributed by atoms with Gasteiger partial charge in [-0.1, -0.05) is 6.07 Å². The standard InChI is InChI=1S/C20H16F5N3O2/c1-10-15(21)6-12(7-16(10)22)11(2)26-18(29)17-9-30-19(28-17)27-14-5-3-4-13(8-14)20(23,24)25/h3-9,11H,1-2H3,(H,26,29)(H,27,28)/t11-/m1/s1. The normalized spacial score (nSPS) is 12.5. The Balaban J connectivity index is 1.69. The summed E-state index contributed by atoms with van der Waals surface area (Å²) in [6.07, 6.45) is -3.50. The van der Waals surface area contributed by atoms with E-state index >= 15 is 0 Å². The van der Waals surface area contributed by atoms with Crippen LogP contribution in [0.25, 0.3) is 0 Å². The third kappa shape index (κ3) is 4.76. The molecule has 158 valence electrons. The smallest absolute Gasteiger partial charge is 0.416 e. The Kier molecular flexibility index (Phi) is 5.77. The van der Waals surface area contributed by atoms with Crippen LogP contribution in [0.5, 0.6) is 0 Å². The molecule has 2 N–H and O–H groups in total. The zero-order chi connectivity index (χ0) is 22.1. The fourth-order valence-electron chi connectivity index (χ4n) is 2.60. The molecule has 1 atom stereocenters. The lowest BCUT2D eigenvalue weighted by molar-refractivity contribution is -0.137. The molecule has 0 fully saturated rings. The summed E-state index contributed by atoms with van der Waals surface area (Å²) in [5.74, 6) is -2.16. The van der Waals surface area contributed by atoms with E-state index in [4.69, 9.17) is 4.42 Å².